The summed E-state index contributed by atoms with van der Waals surface area (Å²) in [6, 6.07) is 12.1. The zero-order valence-electron chi connectivity index (χ0n) is 23.1. The van der Waals surface area contributed by atoms with Crippen molar-refractivity contribution in [2.45, 2.75) is 52.5 Å². The highest BCUT2D eigenvalue weighted by molar-refractivity contribution is 6.46. The maximum Gasteiger partial charge on any atom is 0.295 e. The molecule has 0 aromatic heterocycles. The second kappa shape index (κ2) is 11.8. The Morgan fingerprint density at radius 2 is 1.65 bits per heavy atom. The fraction of sp³-hybridized carbons (Fsp3) is 0.467. The minimum absolute atomic E-state index is 0.100. The van der Waals surface area contributed by atoms with Crippen LogP contribution in [0.2, 0.25) is 0 Å². The van der Waals surface area contributed by atoms with Crippen LogP contribution in [0, 0.1) is 0 Å². The lowest BCUT2D eigenvalue weighted by atomic mass is 9.84. The number of hydrogen-bond acceptors (Lipinski definition) is 6. The van der Waals surface area contributed by atoms with E-state index in [0.29, 0.717) is 37.5 Å². The average Bonchev–Trinajstić information content (AvgIpc) is 3.09. The molecule has 0 radical (unpaired) electrons. The number of aliphatic hydroxyl groups excluding tert-OH is 1. The molecule has 1 aliphatic rings. The zero-order valence-corrected chi connectivity index (χ0v) is 23.1. The Hall–Kier alpha value is -3.32. The molecule has 1 amide bonds. The van der Waals surface area contributed by atoms with Gasteiger partial charge in [-0.3, -0.25) is 9.59 Å². The lowest BCUT2D eigenvalue weighted by Crippen LogP contribution is -2.32. The Morgan fingerprint density at radius 3 is 2.22 bits per heavy atom. The van der Waals surface area contributed by atoms with Crippen molar-refractivity contribution in [2.75, 3.05) is 40.4 Å². The highest BCUT2D eigenvalue weighted by Gasteiger charge is 2.45. The highest BCUT2D eigenvalue weighted by atomic mass is 16.5. The van der Waals surface area contributed by atoms with E-state index in [9.17, 15) is 14.7 Å². The normalized spacial score (nSPS) is 17.5. The third-order valence-corrected chi connectivity index (χ3v) is 6.41. The first-order chi connectivity index (χ1) is 17.5. The van der Waals surface area contributed by atoms with E-state index in [1.807, 2.05) is 69.2 Å². The molecule has 2 aromatic carbocycles. The molecular weight excluding hydrogens is 468 g/mol. The van der Waals surface area contributed by atoms with E-state index in [1.165, 1.54) is 0 Å². The molecular formula is C30H40N2O5. The largest absolute Gasteiger partial charge is 0.507 e. The molecule has 1 unspecified atom stereocenters. The van der Waals surface area contributed by atoms with Gasteiger partial charge in [-0.2, -0.15) is 0 Å². The quantitative estimate of drug-likeness (QED) is 0.272. The van der Waals surface area contributed by atoms with Crippen LogP contribution in [0.3, 0.4) is 0 Å². The van der Waals surface area contributed by atoms with Crippen molar-refractivity contribution in [3.8, 4) is 11.5 Å². The van der Waals surface area contributed by atoms with Crippen molar-refractivity contribution in [1.29, 1.82) is 0 Å². The van der Waals surface area contributed by atoms with Crippen molar-refractivity contribution in [3.05, 3.63) is 64.7 Å². The maximum atomic E-state index is 13.4. The van der Waals surface area contributed by atoms with Gasteiger partial charge in [-0.1, -0.05) is 32.9 Å². The minimum atomic E-state index is -0.692. The van der Waals surface area contributed by atoms with Crippen LogP contribution in [0.25, 0.3) is 5.76 Å². The Kier molecular flexibility index (Phi) is 9.02. The summed E-state index contributed by atoms with van der Waals surface area (Å²) in [6.45, 7) is 12.3. The summed E-state index contributed by atoms with van der Waals surface area (Å²) in [7, 11) is 3.94. The first-order valence-electron chi connectivity index (χ1n) is 12.9. The smallest absolute Gasteiger partial charge is 0.295 e. The van der Waals surface area contributed by atoms with Crippen LogP contribution < -0.4 is 9.47 Å². The molecule has 1 heterocycles. The van der Waals surface area contributed by atoms with Gasteiger partial charge in [0.1, 0.15) is 17.3 Å². The van der Waals surface area contributed by atoms with Gasteiger partial charge in [0.2, 0.25) is 0 Å². The summed E-state index contributed by atoms with van der Waals surface area (Å²) >= 11 is 0. The summed E-state index contributed by atoms with van der Waals surface area (Å²) in [5.74, 6) is -0.00890. The van der Waals surface area contributed by atoms with Gasteiger partial charge in [0.25, 0.3) is 11.7 Å². The lowest BCUT2D eigenvalue weighted by molar-refractivity contribution is -0.139. The van der Waals surface area contributed by atoms with Gasteiger partial charge in [0.05, 0.1) is 24.8 Å². The van der Waals surface area contributed by atoms with Crippen molar-refractivity contribution in [2.24, 2.45) is 0 Å². The molecule has 1 N–H and O–H groups in total. The van der Waals surface area contributed by atoms with Crippen LogP contribution >= 0.6 is 0 Å². The molecule has 1 aliphatic heterocycles. The molecule has 2 aromatic rings. The van der Waals surface area contributed by atoms with Crippen LogP contribution in [0.4, 0.5) is 0 Å². The number of ether oxygens (including phenoxy) is 2. The van der Waals surface area contributed by atoms with Crippen molar-refractivity contribution in [3.63, 3.8) is 0 Å². The number of nitrogens with zero attached hydrogens (tertiary/aromatic N) is 2. The fourth-order valence-corrected chi connectivity index (χ4v) is 4.63. The molecule has 200 valence electrons. The Balaban J connectivity index is 2.14. The van der Waals surface area contributed by atoms with Crippen molar-refractivity contribution < 1.29 is 24.2 Å². The second-order valence-corrected chi connectivity index (χ2v) is 10.5. The number of amides is 1. The molecule has 0 bridgehead atoms. The van der Waals surface area contributed by atoms with Gasteiger partial charge >= 0.3 is 0 Å². The Morgan fingerprint density at radius 1 is 1.00 bits per heavy atom. The third kappa shape index (κ3) is 6.34. The molecule has 0 saturated carbocycles. The fourth-order valence-electron chi connectivity index (χ4n) is 4.63. The van der Waals surface area contributed by atoms with E-state index in [4.69, 9.17) is 9.47 Å². The van der Waals surface area contributed by atoms with Crippen LogP contribution in [-0.4, -0.2) is 67.0 Å². The predicted octanol–water partition coefficient (Wildman–Crippen LogP) is 5.15. The van der Waals surface area contributed by atoms with E-state index in [1.54, 1.807) is 11.0 Å². The second-order valence-electron chi connectivity index (χ2n) is 10.5. The van der Waals surface area contributed by atoms with E-state index >= 15 is 0 Å². The monoisotopic (exact) mass is 508 g/mol. The van der Waals surface area contributed by atoms with Gasteiger partial charge < -0.3 is 24.4 Å². The van der Waals surface area contributed by atoms with Crippen LogP contribution in [0.15, 0.2) is 48.0 Å². The number of likely N-dealkylation sites (tertiary alicyclic amines) is 1. The molecule has 1 fully saturated rings. The number of carbonyl (C=O) groups excluding carboxylic acids is 2. The summed E-state index contributed by atoms with van der Waals surface area (Å²) in [5.41, 5.74) is 1.99. The SMILES string of the molecule is CCOc1ccc(C2/C(=C(/O)c3ccc(OCC)c(C(C)(C)C)c3)C(=O)C(=O)N2CCCN(C)C)cc1. The summed E-state index contributed by atoms with van der Waals surface area (Å²) in [5, 5.41) is 11.5. The van der Waals surface area contributed by atoms with Gasteiger partial charge in [0.15, 0.2) is 0 Å². The number of carbonyl (C=O) groups is 2. The molecule has 0 aliphatic carbocycles. The van der Waals surface area contributed by atoms with Gasteiger partial charge in [-0.15, -0.1) is 0 Å². The molecule has 3 rings (SSSR count). The number of benzene rings is 2. The number of ketones is 1. The van der Waals surface area contributed by atoms with Gasteiger partial charge in [-0.25, -0.2) is 0 Å². The molecule has 7 heteroatoms. The summed E-state index contributed by atoms with van der Waals surface area (Å²) < 4.78 is 11.4. The summed E-state index contributed by atoms with van der Waals surface area (Å²) in [4.78, 5) is 30.2. The van der Waals surface area contributed by atoms with Crippen molar-refractivity contribution in [1.82, 2.24) is 9.80 Å². The number of hydrogen-bond donors (Lipinski definition) is 1. The van der Waals surface area contributed by atoms with Crippen LogP contribution in [-0.2, 0) is 15.0 Å². The van der Waals surface area contributed by atoms with Gasteiger partial charge in [0, 0.05) is 17.7 Å². The first kappa shape index (κ1) is 28.3. The van der Waals surface area contributed by atoms with E-state index in [-0.39, 0.29) is 16.7 Å². The Bertz CT molecular complexity index is 1150. The molecule has 1 atom stereocenters. The number of rotatable bonds is 10. The number of Topliss-reactive ketones (excluding diaryl/α,β-unsaturated/α-hetero) is 1. The predicted molar refractivity (Wildman–Crippen MR) is 146 cm³/mol. The molecule has 7 nitrogen and oxygen atoms in total. The minimum Gasteiger partial charge on any atom is -0.507 e. The van der Waals surface area contributed by atoms with E-state index in [0.717, 1.165) is 23.4 Å². The molecule has 1 saturated heterocycles. The van der Waals surface area contributed by atoms with E-state index in [2.05, 4.69) is 20.8 Å². The average molecular weight is 509 g/mol. The zero-order chi connectivity index (χ0) is 27.3. The molecule has 0 spiro atoms. The lowest BCUT2D eigenvalue weighted by Gasteiger charge is -2.26. The van der Waals surface area contributed by atoms with E-state index < -0.39 is 17.7 Å². The first-order valence-corrected chi connectivity index (χ1v) is 12.9. The number of aliphatic hydroxyl groups is 1. The standard InChI is InChI=1S/C30H40N2O5/c1-8-36-22-14-11-20(12-15-22)26-25(28(34)29(35)32(26)18-10-17-31(6)7)27(33)21-13-16-24(37-9-2)23(19-21)30(3,4)5/h11-16,19,26,33H,8-10,17-18H2,1-7H3/b27-25-. The van der Waals surface area contributed by atoms with Crippen LogP contribution in [0.5, 0.6) is 11.5 Å². The summed E-state index contributed by atoms with van der Waals surface area (Å²) in [6.07, 6.45) is 0.699. The Labute approximate surface area is 220 Å². The third-order valence-electron chi connectivity index (χ3n) is 6.41. The molecule has 37 heavy (non-hydrogen) atoms. The van der Waals surface area contributed by atoms with Gasteiger partial charge in [-0.05, 0) is 82.2 Å². The van der Waals surface area contributed by atoms with Crippen molar-refractivity contribution >= 4 is 17.4 Å². The maximum absolute atomic E-state index is 13.4. The highest BCUT2D eigenvalue weighted by Crippen LogP contribution is 2.41. The van der Waals surface area contributed by atoms with Crippen LogP contribution in [0.1, 0.15) is 63.8 Å². The topological polar surface area (TPSA) is 79.3 Å².